The lowest BCUT2D eigenvalue weighted by atomic mass is 10.0. The Kier molecular flexibility index (Phi) is 6.18. The topological polar surface area (TPSA) is 90.4 Å². The number of hydrazone groups is 1. The molecule has 0 saturated carbocycles. The molecule has 2 saturated heterocycles. The minimum atomic E-state index is -0.0690. The van der Waals surface area contributed by atoms with Crippen LogP contribution in [0, 0.1) is 6.92 Å². The van der Waals surface area contributed by atoms with Crippen LogP contribution in [0.3, 0.4) is 0 Å². The molecule has 4 heterocycles. The van der Waals surface area contributed by atoms with Gasteiger partial charge in [0.05, 0.1) is 6.04 Å². The highest BCUT2D eigenvalue weighted by Gasteiger charge is 2.30. The number of nitrogens with zero attached hydrogens (tertiary/aromatic N) is 6. The molecule has 8 nitrogen and oxygen atoms in total. The lowest BCUT2D eigenvalue weighted by Crippen LogP contribution is -2.43. The van der Waals surface area contributed by atoms with Crippen molar-refractivity contribution in [3.05, 3.63) is 53.3 Å². The van der Waals surface area contributed by atoms with Crippen LogP contribution in [-0.2, 0) is 0 Å². The SMILES string of the molecule is C=NN1C=C(C)C(N2CC[C@H](N)C2)=N/C1=C/C1CCCCN1C(=O)c1cc(C)ccn1. The molecule has 1 unspecified atom stereocenters. The van der Waals surface area contributed by atoms with E-state index in [4.69, 9.17) is 10.7 Å². The maximum absolute atomic E-state index is 13.2. The zero-order chi connectivity index (χ0) is 22.0. The first-order valence-electron chi connectivity index (χ1n) is 11.0. The third kappa shape index (κ3) is 4.54. The maximum Gasteiger partial charge on any atom is 0.272 e. The third-order valence-electron chi connectivity index (χ3n) is 6.09. The molecule has 8 heteroatoms. The van der Waals surface area contributed by atoms with E-state index in [0.717, 1.165) is 55.7 Å². The van der Waals surface area contributed by atoms with Gasteiger partial charge < -0.3 is 15.5 Å². The molecule has 2 atom stereocenters. The number of pyridine rings is 1. The maximum atomic E-state index is 13.2. The van der Waals surface area contributed by atoms with Gasteiger partial charge in [-0.3, -0.25) is 9.78 Å². The van der Waals surface area contributed by atoms with Gasteiger partial charge in [0.15, 0.2) is 5.82 Å². The Hall–Kier alpha value is -3.00. The first-order valence-corrected chi connectivity index (χ1v) is 11.0. The fourth-order valence-electron chi connectivity index (χ4n) is 4.44. The number of amidine groups is 1. The number of rotatable bonds is 3. The number of hydrogen-bond acceptors (Lipinski definition) is 7. The summed E-state index contributed by atoms with van der Waals surface area (Å²) in [5.74, 6) is 1.58. The first kappa shape index (κ1) is 21.2. The predicted molar refractivity (Wildman–Crippen MR) is 122 cm³/mol. The number of aliphatic imine (C=N–C) groups is 1. The minimum absolute atomic E-state index is 0.0411. The number of aryl methyl sites for hydroxylation is 1. The van der Waals surface area contributed by atoms with Gasteiger partial charge in [0.1, 0.15) is 11.5 Å². The molecule has 0 bridgehead atoms. The lowest BCUT2D eigenvalue weighted by molar-refractivity contribution is 0.0656. The van der Waals surface area contributed by atoms with Crippen LogP contribution in [0.4, 0.5) is 0 Å². The van der Waals surface area contributed by atoms with E-state index < -0.39 is 0 Å². The number of hydrogen-bond donors (Lipinski definition) is 1. The largest absolute Gasteiger partial charge is 0.355 e. The number of carbonyl (C=O) groups is 1. The second-order valence-corrected chi connectivity index (χ2v) is 8.53. The average Bonchev–Trinajstić information content (AvgIpc) is 3.20. The van der Waals surface area contributed by atoms with Crippen molar-refractivity contribution < 1.29 is 4.79 Å². The molecular weight excluding hydrogens is 390 g/mol. The Morgan fingerprint density at radius 3 is 2.84 bits per heavy atom. The van der Waals surface area contributed by atoms with Gasteiger partial charge in [-0.1, -0.05) is 0 Å². The minimum Gasteiger partial charge on any atom is -0.355 e. The molecule has 0 aliphatic carbocycles. The second-order valence-electron chi connectivity index (χ2n) is 8.53. The van der Waals surface area contributed by atoms with Crippen LogP contribution in [0.15, 0.2) is 52.1 Å². The van der Waals surface area contributed by atoms with Crippen molar-refractivity contribution in [1.29, 1.82) is 0 Å². The molecule has 31 heavy (non-hydrogen) atoms. The van der Waals surface area contributed by atoms with Crippen LogP contribution in [-0.4, -0.2) is 70.0 Å². The predicted octanol–water partition coefficient (Wildman–Crippen LogP) is 2.49. The van der Waals surface area contributed by atoms with Crippen LogP contribution in [0.1, 0.15) is 48.7 Å². The Labute approximate surface area is 183 Å². The van der Waals surface area contributed by atoms with Crippen molar-refractivity contribution in [2.24, 2.45) is 15.8 Å². The molecule has 0 radical (unpaired) electrons. The summed E-state index contributed by atoms with van der Waals surface area (Å²) >= 11 is 0. The number of nitrogens with two attached hydrogens (primary N) is 1. The van der Waals surface area contributed by atoms with E-state index in [9.17, 15) is 4.79 Å². The van der Waals surface area contributed by atoms with Crippen LogP contribution in [0.25, 0.3) is 0 Å². The van der Waals surface area contributed by atoms with E-state index in [1.54, 1.807) is 11.2 Å². The molecule has 2 fully saturated rings. The summed E-state index contributed by atoms with van der Waals surface area (Å²) in [4.78, 5) is 26.6. The number of likely N-dealkylation sites (tertiary alicyclic amines) is 2. The van der Waals surface area contributed by atoms with Crippen molar-refractivity contribution in [2.75, 3.05) is 19.6 Å². The summed E-state index contributed by atoms with van der Waals surface area (Å²) in [6.45, 7) is 10.1. The van der Waals surface area contributed by atoms with E-state index in [1.165, 1.54) is 0 Å². The van der Waals surface area contributed by atoms with Gasteiger partial charge in [-0.2, -0.15) is 5.10 Å². The zero-order valence-corrected chi connectivity index (χ0v) is 18.4. The lowest BCUT2D eigenvalue weighted by Gasteiger charge is -2.35. The standard InChI is InChI=1S/C23H31N7O/c1-16-7-9-26-20(12-16)23(31)29-10-5-4-6-19(29)13-21-27-22(17(2)14-30(21)25-3)28-11-8-18(24)15-28/h7,9,12-14,18-19H,3-6,8,10-11,15,24H2,1-2H3/b21-13-/t18-,19?/m0/s1. The second kappa shape index (κ2) is 9.01. The van der Waals surface area contributed by atoms with Crippen LogP contribution < -0.4 is 5.73 Å². The third-order valence-corrected chi connectivity index (χ3v) is 6.09. The normalized spacial score (nSPS) is 25.5. The Morgan fingerprint density at radius 1 is 1.29 bits per heavy atom. The Morgan fingerprint density at radius 2 is 2.13 bits per heavy atom. The van der Waals surface area contributed by atoms with Gasteiger partial charge in [0, 0.05) is 50.4 Å². The summed E-state index contributed by atoms with van der Waals surface area (Å²) in [5.41, 5.74) is 8.65. The molecule has 1 amide bonds. The van der Waals surface area contributed by atoms with Gasteiger partial charge in [-0.05, 0) is 63.3 Å². The van der Waals surface area contributed by atoms with E-state index in [2.05, 4.69) is 21.7 Å². The number of piperidine rings is 1. The van der Waals surface area contributed by atoms with E-state index in [0.29, 0.717) is 18.1 Å². The molecule has 2 N–H and O–H groups in total. The van der Waals surface area contributed by atoms with Crippen molar-refractivity contribution in [3.63, 3.8) is 0 Å². The molecule has 0 aromatic carbocycles. The van der Waals surface area contributed by atoms with Gasteiger partial charge in [-0.15, -0.1) is 0 Å². The first-order chi connectivity index (χ1) is 15.0. The summed E-state index contributed by atoms with van der Waals surface area (Å²) < 4.78 is 0. The quantitative estimate of drug-likeness (QED) is 0.758. The number of amides is 1. The molecule has 1 aromatic heterocycles. The molecule has 1 aromatic rings. The Balaban J connectivity index is 1.63. The van der Waals surface area contributed by atoms with Crippen LogP contribution >= 0.6 is 0 Å². The number of carbonyl (C=O) groups excluding carboxylic acids is 1. The van der Waals surface area contributed by atoms with Crippen molar-refractivity contribution in [3.8, 4) is 0 Å². The summed E-state index contributed by atoms with van der Waals surface area (Å²) in [6.07, 6.45) is 9.57. The van der Waals surface area contributed by atoms with Crippen molar-refractivity contribution in [2.45, 2.75) is 51.6 Å². The Bertz CT molecular complexity index is 951. The highest BCUT2D eigenvalue weighted by molar-refractivity contribution is 5.99. The van der Waals surface area contributed by atoms with Crippen LogP contribution in [0.5, 0.6) is 0 Å². The fraction of sp³-hybridized carbons (Fsp3) is 0.478. The highest BCUT2D eigenvalue weighted by Crippen LogP contribution is 2.26. The van der Waals surface area contributed by atoms with Crippen molar-refractivity contribution in [1.82, 2.24) is 19.8 Å². The van der Waals surface area contributed by atoms with Gasteiger partial charge in [0.2, 0.25) is 0 Å². The van der Waals surface area contributed by atoms with Gasteiger partial charge in [-0.25, -0.2) is 10.0 Å². The van der Waals surface area contributed by atoms with E-state index in [-0.39, 0.29) is 18.0 Å². The van der Waals surface area contributed by atoms with Crippen LogP contribution in [0.2, 0.25) is 0 Å². The van der Waals surface area contributed by atoms with Gasteiger partial charge in [0.25, 0.3) is 5.91 Å². The monoisotopic (exact) mass is 421 g/mol. The molecule has 4 rings (SSSR count). The average molecular weight is 422 g/mol. The fourth-order valence-corrected chi connectivity index (χ4v) is 4.44. The number of aromatic nitrogens is 1. The molecule has 3 aliphatic rings. The molecule has 164 valence electrons. The molecule has 0 spiro atoms. The summed E-state index contributed by atoms with van der Waals surface area (Å²) in [7, 11) is 0. The molecule has 3 aliphatic heterocycles. The van der Waals surface area contributed by atoms with Crippen molar-refractivity contribution >= 4 is 18.5 Å². The summed E-state index contributed by atoms with van der Waals surface area (Å²) in [5, 5.41) is 5.82. The van der Waals surface area contributed by atoms with E-state index in [1.807, 2.05) is 43.2 Å². The van der Waals surface area contributed by atoms with Gasteiger partial charge >= 0.3 is 0 Å². The highest BCUT2D eigenvalue weighted by atomic mass is 16.2. The summed E-state index contributed by atoms with van der Waals surface area (Å²) in [6, 6.07) is 3.85. The zero-order valence-electron chi connectivity index (χ0n) is 18.4. The smallest absolute Gasteiger partial charge is 0.272 e. The molecular formula is C23H31N7O. The van der Waals surface area contributed by atoms with E-state index >= 15 is 0 Å².